The first-order chi connectivity index (χ1) is 14.2. The van der Waals surface area contributed by atoms with Gasteiger partial charge in [-0.3, -0.25) is 0 Å². The van der Waals surface area contributed by atoms with Crippen LogP contribution in [0.4, 0.5) is 4.79 Å². The molecule has 1 saturated heterocycles. The van der Waals surface area contributed by atoms with Gasteiger partial charge in [0.1, 0.15) is 11.4 Å². The van der Waals surface area contributed by atoms with Gasteiger partial charge in [0.15, 0.2) is 0 Å². The molecule has 7 nitrogen and oxygen atoms in total. The zero-order valence-corrected chi connectivity index (χ0v) is 18.7. The molecule has 1 N–H and O–H groups in total. The number of benzene rings is 1. The Hall–Kier alpha value is -2.38. The molecule has 0 unspecified atom stereocenters. The predicted molar refractivity (Wildman–Crippen MR) is 117 cm³/mol. The highest BCUT2D eigenvalue weighted by Crippen LogP contribution is 2.26. The number of aromatic nitrogens is 2. The molecule has 0 atom stereocenters. The van der Waals surface area contributed by atoms with Crippen molar-refractivity contribution in [2.45, 2.75) is 51.8 Å². The van der Waals surface area contributed by atoms with E-state index in [0.29, 0.717) is 25.7 Å². The van der Waals surface area contributed by atoms with E-state index in [0.717, 1.165) is 35.4 Å². The van der Waals surface area contributed by atoms with Crippen molar-refractivity contribution in [2.24, 2.45) is 0 Å². The maximum atomic E-state index is 12.2. The van der Waals surface area contributed by atoms with Gasteiger partial charge >= 0.3 is 6.09 Å². The number of halogens is 1. The number of hydrogen-bond donors (Lipinski definition) is 1. The molecule has 2 heterocycles. The summed E-state index contributed by atoms with van der Waals surface area (Å²) in [5.74, 6) is 0.817. The molecule has 1 aliphatic rings. The Morgan fingerprint density at radius 1 is 1.27 bits per heavy atom. The van der Waals surface area contributed by atoms with Crippen LogP contribution in [0.5, 0.6) is 5.75 Å². The zero-order chi connectivity index (χ0) is 21.7. The van der Waals surface area contributed by atoms with Crippen LogP contribution in [0.3, 0.4) is 0 Å². The molecule has 1 aromatic carbocycles. The van der Waals surface area contributed by atoms with E-state index in [4.69, 9.17) is 21.1 Å². The van der Waals surface area contributed by atoms with Crippen molar-refractivity contribution >= 4 is 17.7 Å². The number of amides is 1. The van der Waals surface area contributed by atoms with Gasteiger partial charge in [0.25, 0.3) is 0 Å². The second kappa shape index (κ2) is 9.62. The summed E-state index contributed by atoms with van der Waals surface area (Å²) in [4.78, 5) is 22.2. The minimum atomic E-state index is -0.471. The molecule has 0 bridgehead atoms. The lowest BCUT2D eigenvalue weighted by molar-refractivity contribution is 0.0198. The van der Waals surface area contributed by atoms with Crippen LogP contribution in [0.25, 0.3) is 11.3 Å². The number of hydrogen-bond acceptors (Lipinski definition) is 6. The Bertz CT molecular complexity index is 877. The van der Waals surface area contributed by atoms with Crippen molar-refractivity contribution in [2.75, 3.05) is 20.2 Å². The highest BCUT2D eigenvalue weighted by molar-refractivity contribution is 6.28. The largest absolute Gasteiger partial charge is 0.496 e. The van der Waals surface area contributed by atoms with Gasteiger partial charge in [0.2, 0.25) is 5.28 Å². The van der Waals surface area contributed by atoms with E-state index < -0.39 is 5.60 Å². The lowest BCUT2D eigenvalue weighted by atomic mass is 10.0. The van der Waals surface area contributed by atoms with Crippen LogP contribution in [-0.2, 0) is 11.3 Å². The van der Waals surface area contributed by atoms with Crippen molar-refractivity contribution in [3.8, 4) is 17.0 Å². The molecule has 1 fully saturated rings. The minimum Gasteiger partial charge on any atom is -0.496 e. The minimum absolute atomic E-state index is 0.222. The molecule has 8 heteroatoms. The average Bonchev–Trinajstić information content (AvgIpc) is 2.71. The molecular formula is C22H29ClN4O3. The summed E-state index contributed by atoms with van der Waals surface area (Å²) < 4.78 is 11.0. The van der Waals surface area contributed by atoms with Crippen molar-refractivity contribution < 1.29 is 14.3 Å². The normalized spacial score (nSPS) is 15.2. The molecule has 1 aliphatic heterocycles. The Morgan fingerprint density at radius 3 is 2.63 bits per heavy atom. The van der Waals surface area contributed by atoms with Crippen molar-refractivity contribution in [3.05, 3.63) is 41.3 Å². The van der Waals surface area contributed by atoms with E-state index in [9.17, 15) is 4.79 Å². The first-order valence-electron chi connectivity index (χ1n) is 10.1. The number of nitrogens with zero attached hydrogens (tertiary/aromatic N) is 3. The first-order valence-corrected chi connectivity index (χ1v) is 10.5. The second-order valence-corrected chi connectivity index (χ2v) is 8.70. The fourth-order valence-corrected chi connectivity index (χ4v) is 3.57. The topological polar surface area (TPSA) is 76.6 Å². The number of nitrogens with one attached hydrogen (secondary N) is 1. The van der Waals surface area contributed by atoms with Gasteiger partial charge in [-0.25, -0.2) is 14.8 Å². The molecule has 30 heavy (non-hydrogen) atoms. The summed E-state index contributed by atoms with van der Waals surface area (Å²) in [7, 11) is 1.67. The van der Waals surface area contributed by atoms with Crippen LogP contribution in [0.2, 0.25) is 5.28 Å². The number of carbonyl (C=O) groups excluding carboxylic acids is 1. The quantitative estimate of drug-likeness (QED) is 0.710. The molecular weight excluding hydrogens is 404 g/mol. The van der Waals surface area contributed by atoms with E-state index in [2.05, 4.69) is 21.4 Å². The molecule has 0 spiro atoms. The van der Waals surface area contributed by atoms with Crippen LogP contribution in [-0.4, -0.2) is 52.8 Å². The second-order valence-electron chi connectivity index (χ2n) is 8.36. The molecule has 3 rings (SSSR count). The van der Waals surface area contributed by atoms with E-state index in [1.54, 1.807) is 18.2 Å². The highest BCUT2D eigenvalue weighted by Gasteiger charge is 2.26. The Balaban J connectivity index is 1.59. The van der Waals surface area contributed by atoms with Gasteiger partial charge in [-0.15, -0.1) is 0 Å². The third-order valence-electron chi connectivity index (χ3n) is 4.93. The van der Waals surface area contributed by atoms with E-state index in [1.165, 1.54) is 0 Å². The number of piperidine rings is 1. The predicted octanol–water partition coefficient (Wildman–Crippen LogP) is 4.29. The number of ether oxygens (including phenoxy) is 2. The third-order valence-corrected chi connectivity index (χ3v) is 5.11. The summed E-state index contributed by atoms with van der Waals surface area (Å²) in [6, 6.07) is 8.11. The van der Waals surface area contributed by atoms with E-state index >= 15 is 0 Å². The van der Waals surface area contributed by atoms with Crippen LogP contribution in [0.1, 0.15) is 39.2 Å². The molecule has 0 aliphatic carbocycles. The zero-order valence-electron chi connectivity index (χ0n) is 17.9. The fraction of sp³-hybridized carbons (Fsp3) is 0.500. The van der Waals surface area contributed by atoms with Gasteiger partial charge in [0.05, 0.1) is 12.8 Å². The van der Waals surface area contributed by atoms with Crippen molar-refractivity contribution in [1.29, 1.82) is 0 Å². The lowest BCUT2D eigenvalue weighted by Crippen LogP contribution is -2.46. The van der Waals surface area contributed by atoms with Crippen LogP contribution in [0.15, 0.2) is 30.5 Å². The summed E-state index contributed by atoms with van der Waals surface area (Å²) in [6.07, 6.45) is 3.16. The fourth-order valence-electron chi connectivity index (χ4n) is 3.42. The van der Waals surface area contributed by atoms with Gasteiger partial charge < -0.3 is 19.7 Å². The van der Waals surface area contributed by atoms with Gasteiger partial charge in [-0.2, -0.15) is 0 Å². The van der Waals surface area contributed by atoms with E-state index in [1.807, 2.05) is 39.0 Å². The summed E-state index contributed by atoms with van der Waals surface area (Å²) in [6.45, 7) is 7.68. The third kappa shape index (κ3) is 6.06. The number of rotatable bonds is 5. The average molecular weight is 433 g/mol. The van der Waals surface area contributed by atoms with Crippen molar-refractivity contribution in [3.63, 3.8) is 0 Å². The van der Waals surface area contributed by atoms with Gasteiger partial charge in [0, 0.05) is 43.0 Å². The summed E-state index contributed by atoms with van der Waals surface area (Å²) >= 11 is 5.93. The Kier molecular flexibility index (Phi) is 7.15. The Morgan fingerprint density at radius 2 is 2.00 bits per heavy atom. The summed E-state index contributed by atoms with van der Waals surface area (Å²) in [5, 5.41) is 3.81. The molecule has 1 aromatic heterocycles. The van der Waals surface area contributed by atoms with Gasteiger partial charge in [-0.1, -0.05) is 0 Å². The number of methoxy groups -OCH3 is 1. The smallest absolute Gasteiger partial charge is 0.410 e. The van der Waals surface area contributed by atoms with Crippen molar-refractivity contribution in [1.82, 2.24) is 20.2 Å². The van der Waals surface area contributed by atoms with Gasteiger partial charge in [-0.05, 0) is 69.5 Å². The molecule has 0 saturated carbocycles. The SMILES string of the molecule is COc1ccc(-c2ccnc(Cl)n2)cc1CNC1CCN(C(=O)OC(C)(C)C)CC1. The van der Waals surface area contributed by atoms with Crippen LogP contribution >= 0.6 is 11.6 Å². The van der Waals surface area contributed by atoms with E-state index in [-0.39, 0.29) is 11.4 Å². The number of likely N-dealkylation sites (tertiary alicyclic amines) is 1. The lowest BCUT2D eigenvalue weighted by Gasteiger charge is -2.34. The maximum Gasteiger partial charge on any atom is 0.410 e. The Labute approximate surface area is 182 Å². The van der Waals surface area contributed by atoms with Crippen LogP contribution < -0.4 is 10.1 Å². The monoisotopic (exact) mass is 432 g/mol. The molecule has 162 valence electrons. The maximum absolute atomic E-state index is 12.2. The molecule has 1 amide bonds. The molecule has 2 aromatic rings. The number of carbonyl (C=O) groups is 1. The summed E-state index contributed by atoms with van der Waals surface area (Å²) in [5.41, 5.74) is 2.29. The standard InChI is InChI=1S/C22H29ClN4O3/c1-22(2,3)30-21(28)27-11-8-17(9-12-27)25-14-16-13-15(5-6-19(16)29-4)18-7-10-24-20(23)26-18/h5-7,10,13,17,25H,8-9,11-12,14H2,1-4H3. The highest BCUT2D eigenvalue weighted by atomic mass is 35.5. The first kappa shape index (κ1) is 22.3. The van der Waals surface area contributed by atoms with Crippen LogP contribution in [0, 0.1) is 0 Å². The molecule has 0 radical (unpaired) electrons.